The first-order valence-corrected chi connectivity index (χ1v) is 16.2. The van der Waals surface area contributed by atoms with E-state index in [2.05, 4.69) is 5.32 Å². The Labute approximate surface area is 317 Å². The van der Waals surface area contributed by atoms with Crippen LogP contribution in [0.1, 0.15) is 44.5 Å². The summed E-state index contributed by atoms with van der Waals surface area (Å²) < 4.78 is 165. The fourth-order valence-corrected chi connectivity index (χ4v) is 6.99. The number of rotatable bonds is 2. The van der Waals surface area contributed by atoms with Gasteiger partial charge < -0.3 is 5.32 Å². The molecule has 0 saturated carbocycles. The third kappa shape index (κ3) is 6.48. The van der Waals surface area contributed by atoms with Crippen molar-refractivity contribution in [2.45, 2.75) is 30.7 Å². The van der Waals surface area contributed by atoms with E-state index in [9.17, 15) is 73.7 Å². The lowest BCUT2D eigenvalue weighted by Crippen LogP contribution is -2.37. The number of nitriles is 4. The molecular formula is C40H14F12N6. The van der Waals surface area contributed by atoms with Gasteiger partial charge in [-0.25, -0.2) is 4.99 Å². The van der Waals surface area contributed by atoms with Crippen LogP contribution in [-0.4, -0.2) is 11.8 Å². The van der Waals surface area contributed by atoms with Gasteiger partial charge in [-0.3, -0.25) is 0 Å². The molecule has 0 spiro atoms. The third-order valence-electron chi connectivity index (χ3n) is 9.51. The number of aliphatic imine (C=N–C) groups is 1. The zero-order chi connectivity index (χ0) is 42.3. The largest absolute Gasteiger partial charge is 0.416 e. The van der Waals surface area contributed by atoms with E-state index in [0.29, 0.717) is 24.3 Å². The predicted molar refractivity (Wildman–Crippen MR) is 180 cm³/mol. The molecule has 0 fully saturated rings. The molecule has 18 heteroatoms. The van der Waals surface area contributed by atoms with Crippen molar-refractivity contribution in [1.82, 2.24) is 5.32 Å². The summed E-state index contributed by atoms with van der Waals surface area (Å²) in [6.45, 7) is 0. The summed E-state index contributed by atoms with van der Waals surface area (Å²) in [5.74, 6) is 0. The summed E-state index contributed by atoms with van der Waals surface area (Å²) in [4.78, 5) is 4.71. The van der Waals surface area contributed by atoms with Gasteiger partial charge in [0.05, 0.1) is 45.4 Å². The minimum Gasteiger partial charge on any atom is -0.370 e. The van der Waals surface area contributed by atoms with Crippen LogP contribution in [-0.2, 0) is 24.7 Å². The summed E-state index contributed by atoms with van der Waals surface area (Å²) in [5, 5.41) is 42.9. The fraction of sp³-hybridized carbons (Fsp3) is 0.125. The summed E-state index contributed by atoms with van der Waals surface area (Å²) in [6.07, 6.45) is -20.7. The van der Waals surface area contributed by atoms with Gasteiger partial charge >= 0.3 is 24.7 Å². The maximum atomic E-state index is 13.7. The smallest absolute Gasteiger partial charge is 0.370 e. The molecule has 0 amide bonds. The number of allylic oxidation sites excluding steroid dienone is 3. The fourth-order valence-electron chi connectivity index (χ4n) is 6.99. The van der Waals surface area contributed by atoms with E-state index >= 15 is 0 Å². The quantitative estimate of drug-likeness (QED) is 0.160. The highest BCUT2D eigenvalue weighted by molar-refractivity contribution is 6.24. The molecule has 7 rings (SSSR count). The van der Waals surface area contributed by atoms with Crippen molar-refractivity contribution in [2.75, 3.05) is 0 Å². The number of fused-ring (bicyclic) bond motifs is 5. The second-order valence-corrected chi connectivity index (χ2v) is 12.9. The Kier molecular flexibility index (Phi) is 8.82. The molecule has 1 heterocycles. The summed E-state index contributed by atoms with van der Waals surface area (Å²) in [6, 6.07) is 14.8. The van der Waals surface area contributed by atoms with Crippen LogP contribution in [0.25, 0.3) is 39.1 Å². The standard InChI is InChI=1S/C40H14F12N6/c41-37(42,43)23-5-19(6-24(11-23)38(44,45)46)17-1-3-27-29(9-17)31(21(13-53)14-54)35-33(27)57-34-28-4-2-18(10-30(28)32(36(34)58-35)22(15-55)16-56)20-7-25(39(47,48)49)12-26(8-20)40(50,51)52/h1-12,35,58H. The van der Waals surface area contributed by atoms with E-state index in [0.717, 1.165) is 0 Å². The molecule has 0 aromatic heterocycles. The molecule has 1 atom stereocenters. The molecule has 3 aliphatic rings. The van der Waals surface area contributed by atoms with E-state index < -0.39 is 75.3 Å². The number of nitrogens with one attached hydrogen (secondary N) is 1. The first-order chi connectivity index (χ1) is 27.1. The Balaban J connectivity index is 1.42. The molecule has 1 N–H and O–H groups in total. The zero-order valence-corrected chi connectivity index (χ0v) is 28.3. The van der Waals surface area contributed by atoms with Crippen LogP contribution in [0.3, 0.4) is 0 Å². The maximum absolute atomic E-state index is 13.7. The van der Waals surface area contributed by atoms with Gasteiger partial charge in [0.15, 0.2) is 0 Å². The van der Waals surface area contributed by atoms with Crippen molar-refractivity contribution < 1.29 is 52.7 Å². The molecule has 58 heavy (non-hydrogen) atoms. The summed E-state index contributed by atoms with van der Waals surface area (Å²) in [5.41, 5.74) is -8.79. The van der Waals surface area contributed by atoms with Crippen molar-refractivity contribution in [2.24, 2.45) is 4.99 Å². The maximum Gasteiger partial charge on any atom is 0.416 e. The minimum atomic E-state index is -5.17. The number of hydrogen-bond donors (Lipinski definition) is 1. The minimum absolute atomic E-state index is 0.00435. The first-order valence-electron chi connectivity index (χ1n) is 16.2. The van der Waals surface area contributed by atoms with Crippen LogP contribution in [0, 0.1) is 45.3 Å². The molecule has 1 aliphatic heterocycles. The molecule has 288 valence electrons. The van der Waals surface area contributed by atoms with E-state index in [1.54, 1.807) is 24.3 Å². The summed E-state index contributed by atoms with van der Waals surface area (Å²) in [7, 11) is 0. The van der Waals surface area contributed by atoms with Gasteiger partial charge in [-0.05, 0) is 81.9 Å². The van der Waals surface area contributed by atoms with Gasteiger partial charge in [0.25, 0.3) is 0 Å². The van der Waals surface area contributed by atoms with Gasteiger partial charge in [-0.2, -0.15) is 73.7 Å². The Morgan fingerprint density at radius 3 is 1.31 bits per heavy atom. The Bertz CT molecular complexity index is 2710. The van der Waals surface area contributed by atoms with E-state index in [-0.39, 0.29) is 73.8 Å². The first kappa shape index (κ1) is 38.9. The molecule has 4 aromatic rings. The van der Waals surface area contributed by atoms with E-state index in [1.165, 1.54) is 36.4 Å². The van der Waals surface area contributed by atoms with Crippen molar-refractivity contribution in [3.63, 3.8) is 0 Å². The van der Waals surface area contributed by atoms with Crippen molar-refractivity contribution in [3.8, 4) is 46.5 Å². The lowest BCUT2D eigenvalue weighted by Gasteiger charge is -2.24. The van der Waals surface area contributed by atoms with Crippen molar-refractivity contribution in [3.05, 3.63) is 134 Å². The lowest BCUT2D eigenvalue weighted by atomic mass is 9.93. The highest BCUT2D eigenvalue weighted by atomic mass is 19.4. The number of alkyl halides is 12. The van der Waals surface area contributed by atoms with Crippen LogP contribution in [0.4, 0.5) is 52.7 Å². The monoisotopic (exact) mass is 806 g/mol. The highest BCUT2D eigenvalue weighted by Crippen LogP contribution is 2.50. The number of hydrogen-bond acceptors (Lipinski definition) is 6. The molecular weight excluding hydrogens is 792 g/mol. The Hall–Kier alpha value is -7.31. The lowest BCUT2D eigenvalue weighted by molar-refractivity contribution is -0.144. The SMILES string of the molecule is N#CC(C#N)=C1C2=C(N=C3c4ccc(-c5cc(C(F)(F)F)cc(C(F)(F)F)c5)cc4C(=C(C#N)C#N)C3N2)c2ccc(-c3cc(C(F)(F)F)cc(C(F)(F)F)c3)cc21. The summed E-state index contributed by atoms with van der Waals surface area (Å²) >= 11 is 0. The van der Waals surface area contributed by atoms with Crippen LogP contribution in [0.15, 0.2) is 94.6 Å². The molecule has 2 aliphatic carbocycles. The van der Waals surface area contributed by atoms with Gasteiger partial charge in [-0.15, -0.1) is 0 Å². The Morgan fingerprint density at radius 1 is 0.483 bits per heavy atom. The van der Waals surface area contributed by atoms with Gasteiger partial charge in [0.2, 0.25) is 0 Å². The Morgan fingerprint density at radius 2 is 0.897 bits per heavy atom. The second-order valence-electron chi connectivity index (χ2n) is 12.9. The van der Waals surface area contributed by atoms with E-state index in [1.807, 2.05) is 0 Å². The van der Waals surface area contributed by atoms with Crippen LogP contribution < -0.4 is 5.32 Å². The topological polar surface area (TPSA) is 120 Å². The number of benzene rings is 4. The van der Waals surface area contributed by atoms with Gasteiger partial charge in [0.1, 0.15) is 35.4 Å². The van der Waals surface area contributed by atoms with Gasteiger partial charge in [-0.1, -0.05) is 24.3 Å². The third-order valence-corrected chi connectivity index (χ3v) is 9.51. The van der Waals surface area contributed by atoms with E-state index in [4.69, 9.17) is 4.99 Å². The predicted octanol–water partition coefficient (Wildman–Crippen LogP) is 10.9. The van der Waals surface area contributed by atoms with Gasteiger partial charge in [0, 0.05) is 22.3 Å². The molecule has 4 aromatic carbocycles. The molecule has 0 saturated heterocycles. The molecule has 1 unspecified atom stereocenters. The second kappa shape index (κ2) is 13.1. The molecule has 6 nitrogen and oxygen atoms in total. The van der Waals surface area contributed by atoms with Crippen molar-refractivity contribution in [1.29, 1.82) is 21.0 Å². The average Bonchev–Trinajstić information content (AvgIpc) is 3.64. The van der Waals surface area contributed by atoms with Crippen LogP contribution in [0.5, 0.6) is 0 Å². The zero-order valence-electron chi connectivity index (χ0n) is 28.3. The number of halogens is 12. The number of nitrogens with zero attached hydrogens (tertiary/aromatic N) is 5. The highest BCUT2D eigenvalue weighted by Gasteiger charge is 2.44. The van der Waals surface area contributed by atoms with Crippen LogP contribution >= 0.6 is 0 Å². The van der Waals surface area contributed by atoms with Crippen LogP contribution in [0.2, 0.25) is 0 Å². The van der Waals surface area contributed by atoms with Crippen molar-refractivity contribution >= 4 is 22.6 Å². The normalized spacial score (nSPS) is 15.8. The molecule has 0 bridgehead atoms. The average molecular weight is 807 g/mol. The molecule has 0 radical (unpaired) electrons.